The molecule has 12 heteroatoms. The molecular weight excluding hydrogens is 542 g/mol. The second-order valence-electron chi connectivity index (χ2n) is 9.13. The van der Waals surface area contributed by atoms with Gasteiger partial charge in [-0.2, -0.15) is 18.4 Å². The van der Waals surface area contributed by atoms with Gasteiger partial charge in [0, 0.05) is 49.7 Å². The molecule has 0 bridgehead atoms. The van der Waals surface area contributed by atoms with E-state index in [0.717, 1.165) is 55.8 Å². The van der Waals surface area contributed by atoms with Crippen molar-refractivity contribution < 1.29 is 22.8 Å². The number of rotatable bonds is 7. The minimum Gasteiger partial charge on any atom is -0.366 e. The van der Waals surface area contributed by atoms with Crippen molar-refractivity contribution >= 4 is 46.4 Å². The molecule has 0 aliphatic carbocycles. The third kappa shape index (κ3) is 5.65. The summed E-state index contributed by atoms with van der Waals surface area (Å²) >= 11 is 12.5. The van der Waals surface area contributed by atoms with Gasteiger partial charge in [-0.25, -0.2) is 4.90 Å². The zero-order chi connectivity index (χ0) is 27.6. The van der Waals surface area contributed by atoms with Crippen LogP contribution in [0.25, 0.3) is 0 Å². The van der Waals surface area contributed by atoms with Crippen molar-refractivity contribution in [3.05, 3.63) is 62.9 Å². The minimum absolute atomic E-state index is 0.201. The SMILES string of the molecule is CC1=C(CCCCN2CCN(c3c(Cl)cncc3Cl)CC2)C(=O)N(c2ccc(C#N)c(C(F)(F)F)c2)C1=O. The molecule has 2 aromatic rings. The molecule has 2 aliphatic rings. The van der Waals surface area contributed by atoms with E-state index in [0.29, 0.717) is 34.5 Å². The average Bonchev–Trinajstić information content (AvgIpc) is 3.09. The lowest BCUT2D eigenvalue weighted by Crippen LogP contribution is -2.46. The maximum absolute atomic E-state index is 13.4. The second kappa shape index (κ2) is 11.3. The van der Waals surface area contributed by atoms with E-state index < -0.39 is 29.1 Å². The normalized spacial score (nSPS) is 17.0. The summed E-state index contributed by atoms with van der Waals surface area (Å²) in [6.45, 7) is 5.43. The average molecular weight is 566 g/mol. The van der Waals surface area contributed by atoms with Gasteiger partial charge in [-0.15, -0.1) is 0 Å². The van der Waals surface area contributed by atoms with E-state index >= 15 is 0 Å². The Morgan fingerprint density at radius 1 is 1.03 bits per heavy atom. The number of nitriles is 1. The molecule has 4 rings (SSSR count). The van der Waals surface area contributed by atoms with Gasteiger partial charge in [0.2, 0.25) is 0 Å². The number of piperazine rings is 1. The number of aromatic nitrogens is 1. The first kappa shape index (κ1) is 27.9. The van der Waals surface area contributed by atoms with Crippen LogP contribution in [0.4, 0.5) is 24.5 Å². The van der Waals surface area contributed by atoms with Crippen LogP contribution in [0.3, 0.4) is 0 Å². The molecule has 0 saturated carbocycles. The molecule has 0 atom stereocenters. The van der Waals surface area contributed by atoms with Crippen LogP contribution in [-0.4, -0.2) is 54.4 Å². The number of imide groups is 1. The van der Waals surface area contributed by atoms with E-state index in [2.05, 4.69) is 14.8 Å². The van der Waals surface area contributed by atoms with Gasteiger partial charge in [0.25, 0.3) is 11.8 Å². The maximum atomic E-state index is 13.4. The number of hydrogen-bond donors (Lipinski definition) is 0. The number of benzene rings is 1. The molecule has 7 nitrogen and oxygen atoms in total. The second-order valence-corrected chi connectivity index (χ2v) is 9.94. The van der Waals surface area contributed by atoms with Gasteiger partial charge in [-0.1, -0.05) is 23.2 Å². The topological polar surface area (TPSA) is 80.5 Å². The number of unbranched alkanes of at least 4 members (excludes halogenated alkanes) is 1. The van der Waals surface area contributed by atoms with E-state index in [9.17, 15) is 22.8 Å². The van der Waals surface area contributed by atoms with E-state index in [1.54, 1.807) is 12.4 Å². The van der Waals surface area contributed by atoms with Gasteiger partial charge in [0.05, 0.1) is 38.6 Å². The molecule has 2 amide bonds. The summed E-state index contributed by atoms with van der Waals surface area (Å²) < 4.78 is 40.1. The Labute approximate surface area is 228 Å². The summed E-state index contributed by atoms with van der Waals surface area (Å²) in [5.41, 5.74) is -0.639. The number of amides is 2. The number of carbonyl (C=O) groups excluding carboxylic acids is 2. The highest BCUT2D eigenvalue weighted by atomic mass is 35.5. The van der Waals surface area contributed by atoms with Gasteiger partial charge in [0.15, 0.2) is 0 Å². The summed E-state index contributed by atoms with van der Waals surface area (Å²) in [4.78, 5) is 35.0. The number of carbonyl (C=O) groups is 2. The number of pyridine rings is 1. The molecule has 1 fully saturated rings. The zero-order valence-corrected chi connectivity index (χ0v) is 22.0. The zero-order valence-electron chi connectivity index (χ0n) is 20.5. The van der Waals surface area contributed by atoms with Crippen molar-refractivity contribution in [3.8, 4) is 6.07 Å². The number of anilines is 2. The van der Waals surface area contributed by atoms with E-state index in [4.69, 9.17) is 28.5 Å². The van der Waals surface area contributed by atoms with Crippen molar-refractivity contribution in [2.45, 2.75) is 32.4 Å². The summed E-state index contributed by atoms with van der Waals surface area (Å²) in [7, 11) is 0. The summed E-state index contributed by atoms with van der Waals surface area (Å²) in [5, 5.41) is 10.0. The predicted octanol–water partition coefficient (Wildman–Crippen LogP) is 5.46. The van der Waals surface area contributed by atoms with Crippen molar-refractivity contribution in [3.63, 3.8) is 0 Å². The molecule has 0 spiro atoms. The number of nitrogens with zero attached hydrogens (tertiary/aromatic N) is 5. The van der Waals surface area contributed by atoms with Crippen molar-refractivity contribution in [2.24, 2.45) is 0 Å². The smallest absolute Gasteiger partial charge is 0.366 e. The van der Waals surface area contributed by atoms with E-state index in [-0.39, 0.29) is 11.3 Å². The van der Waals surface area contributed by atoms with Gasteiger partial charge in [-0.05, 0) is 50.9 Å². The highest BCUT2D eigenvalue weighted by Crippen LogP contribution is 2.37. The Kier molecular flexibility index (Phi) is 8.31. The van der Waals surface area contributed by atoms with Crippen molar-refractivity contribution in [2.75, 3.05) is 42.5 Å². The fourth-order valence-corrected chi connectivity index (χ4v) is 5.36. The largest absolute Gasteiger partial charge is 0.417 e. The maximum Gasteiger partial charge on any atom is 0.417 e. The molecule has 0 radical (unpaired) electrons. The lowest BCUT2D eigenvalue weighted by atomic mass is 10.0. The molecule has 0 unspecified atom stereocenters. The Bertz CT molecular complexity index is 1310. The van der Waals surface area contributed by atoms with Crippen LogP contribution in [0.5, 0.6) is 0 Å². The fraction of sp³-hybridized carbons (Fsp3) is 0.385. The highest BCUT2D eigenvalue weighted by molar-refractivity contribution is 6.39. The minimum atomic E-state index is -4.79. The van der Waals surface area contributed by atoms with Gasteiger partial charge in [0.1, 0.15) is 0 Å². The Morgan fingerprint density at radius 3 is 2.29 bits per heavy atom. The van der Waals surface area contributed by atoms with Crippen LogP contribution in [0, 0.1) is 11.3 Å². The highest BCUT2D eigenvalue weighted by Gasteiger charge is 2.39. The predicted molar refractivity (Wildman–Crippen MR) is 138 cm³/mol. The Morgan fingerprint density at radius 2 is 1.68 bits per heavy atom. The van der Waals surface area contributed by atoms with Crippen LogP contribution < -0.4 is 9.80 Å². The first-order valence-corrected chi connectivity index (χ1v) is 12.7. The molecule has 1 saturated heterocycles. The van der Waals surface area contributed by atoms with Gasteiger partial charge >= 0.3 is 6.18 Å². The first-order valence-electron chi connectivity index (χ1n) is 12.0. The molecule has 38 heavy (non-hydrogen) atoms. The summed E-state index contributed by atoms with van der Waals surface area (Å²) in [5.74, 6) is -1.27. The molecule has 0 N–H and O–H groups in total. The standard InChI is InChI=1S/C26H24Cl2F3N5O2/c1-16-19(25(38)36(24(16)37)18-6-5-17(13-32)20(12-18)26(29,30)31)4-2-3-7-34-8-10-35(11-9-34)23-21(27)14-33-15-22(23)28/h5-6,12,14-15H,2-4,7-11H2,1H3. The molecule has 200 valence electrons. The van der Waals surface area contributed by atoms with E-state index in [1.807, 2.05) is 0 Å². The first-order chi connectivity index (χ1) is 18.0. The molecule has 1 aromatic heterocycles. The lowest BCUT2D eigenvalue weighted by Gasteiger charge is -2.36. The molecule has 1 aromatic carbocycles. The van der Waals surface area contributed by atoms with Crippen molar-refractivity contribution in [1.82, 2.24) is 9.88 Å². The molecular formula is C26H24Cl2F3N5O2. The van der Waals surface area contributed by atoms with E-state index in [1.165, 1.54) is 19.1 Å². The quantitative estimate of drug-likeness (QED) is 0.327. The van der Waals surface area contributed by atoms with Gasteiger partial charge in [-0.3, -0.25) is 19.5 Å². The van der Waals surface area contributed by atoms with Crippen LogP contribution in [0.2, 0.25) is 10.0 Å². The van der Waals surface area contributed by atoms with Crippen LogP contribution in [-0.2, 0) is 15.8 Å². The van der Waals surface area contributed by atoms with Gasteiger partial charge < -0.3 is 4.90 Å². The van der Waals surface area contributed by atoms with Crippen LogP contribution in [0.15, 0.2) is 41.7 Å². The number of halogens is 5. The number of hydrogen-bond acceptors (Lipinski definition) is 6. The third-order valence-electron chi connectivity index (χ3n) is 6.79. The van der Waals surface area contributed by atoms with Crippen LogP contribution in [0.1, 0.15) is 37.3 Å². The van der Waals surface area contributed by atoms with Crippen molar-refractivity contribution in [1.29, 1.82) is 5.26 Å². The number of alkyl halides is 3. The molecule has 2 aliphatic heterocycles. The Balaban J connectivity index is 1.32. The molecule has 3 heterocycles. The lowest BCUT2D eigenvalue weighted by molar-refractivity contribution is -0.138. The van der Waals surface area contributed by atoms with Crippen LogP contribution >= 0.6 is 23.2 Å². The third-order valence-corrected chi connectivity index (χ3v) is 7.35. The Hall–Kier alpha value is -3.13. The monoisotopic (exact) mass is 565 g/mol. The summed E-state index contributed by atoms with van der Waals surface area (Å²) in [6, 6.07) is 4.34. The fourth-order valence-electron chi connectivity index (χ4n) is 4.76. The summed E-state index contributed by atoms with van der Waals surface area (Å²) in [6.07, 6.45) is 0.113.